The van der Waals surface area contributed by atoms with Crippen LogP contribution in [0.25, 0.3) is 0 Å². The van der Waals surface area contributed by atoms with Crippen molar-refractivity contribution in [2.24, 2.45) is 5.73 Å². The SMILES string of the molecule is Cc1[nH]nc2c1C(N)CC(c1cccc(Cl)c1)C2. The van der Waals surface area contributed by atoms with E-state index in [1.165, 1.54) is 11.1 Å². The second kappa shape index (κ2) is 4.41. The number of H-pyrrole nitrogens is 1. The molecule has 18 heavy (non-hydrogen) atoms. The van der Waals surface area contributed by atoms with E-state index < -0.39 is 0 Å². The molecule has 0 amide bonds. The van der Waals surface area contributed by atoms with E-state index in [0.717, 1.165) is 29.3 Å². The number of halogens is 1. The average molecular weight is 262 g/mol. The van der Waals surface area contributed by atoms with Gasteiger partial charge in [-0.05, 0) is 43.4 Å². The summed E-state index contributed by atoms with van der Waals surface area (Å²) in [6.07, 6.45) is 1.89. The molecule has 3 nitrogen and oxygen atoms in total. The summed E-state index contributed by atoms with van der Waals surface area (Å²) in [5.74, 6) is 0.411. The molecule has 0 radical (unpaired) electrons. The fraction of sp³-hybridized carbons (Fsp3) is 0.357. The molecule has 2 atom stereocenters. The first-order valence-corrected chi connectivity index (χ1v) is 6.57. The maximum Gasteiger partial charge on any atom is 0.0678 e. The third-order valence-electron chi connectivity index (χ3n) is 3.74. The van der Waals surface area contributed by atoms with Gasteiger partial charge in [0.15, 0.2) is 0 Å². The minimum atomic E-state index is 0.0662. The van der Waals surface area contributed by atoms with Gasteiger partial charge in [0, 0.05) is 22.3 Å². The van der Waals surface area contributed by atoms with E-state index in [1.54, 1.807) is 0 Å². The molecule has 0 bridgehead atoms. The van der Waals surface area contributed by atoms with Crippen LogP contribution in [0.3, 0.4) is 0 Å². The highest BCUT2D eigenvalue weighted by atomic mass is 35.5. The summed E-state index contributed by atoms with van der Waals surface area (Å²) in [7, 11) is 0. The minimum Gasteiger partial charge on any atom is -0.324 e. The van der Waals surface area contributed by atoms with Crippen LogP contribution in [0.4, 0.5) is 0 Å². The molecule has 0 aliphatic heterocycles. The number of nitrogens with one attached hydrogen (secondary N) is 1. The first-order chi connectivity index (χ1) is 8.65. The maximum absolute atomic E-state index is 6.26. The molecule has 0 spiro atoms. The van der Waals surface area contributed by atoms with Gasteiger partial charge in [-0.1, -0.05) is 23.7 Å². The topological polar surface area (TPSA) is 54.7 Å². The van der Waals surface area contributed by atoms with Crippen molar-refractivity contribution in [1.82, 2.24) is 10.2 Å². The van der Waals surface area contributed by atoms with Crippen molar-refractivity contribution < 1.29 is 0 Å². The summed E-state index contributed by atoms with van der Waals surface area (Å²) in [5.41, 5.74) is 10.9. The lowest BCUT2D eigenvalue weighted by atomic mass is 9.80. The molecule has 0 saturated heterocycles. The molecule has 4 heteroatoms. The molecule has 0 saturated carbocycles. The van der Waals surface area contributed by atoms with E-state index in [0.29, 0.717) is 5.92 Å². The standard InChI is InChI=1S/C14H16ClN3/c1-8-14-12(16)6-10(7-13(14)18-17-8)9-3-2-4-11(15)5-9/h2-5,10,12H,6-7,16H2,1H3,(H,17,18). The normalized spacial score (nSPS) is 22.8. The second-order valence-electron chi connectivity index (χ2n) is 5.01. The highest BCUT2D eigenvalue weighted by Crippen LogP contribution is 2.38. The van der Waals surface area contributed by atoms with E-state index in [9.17, 15) is 0 Å². The number of nitrogens with zero attached hydrogens (tertiary/aromatic N) is 1. The van der Waals surface area contributed by atoms with Crippen molar-refractivity contribution in [3.8, 4) is 0 Å². The zero-order valence-corrected chi connectivity index (χ0v) is 11.0. The highest BCUT2D eigenvalue weighted by molar-refractivity contribution is 6.30. The number of hydrogen-bond donors (Lipinski definition) is 2. The fourth-order valence-electron chi connectivity index (χ4n) is 2.89. The molecule has 0 fully saturated rings. The van der Waals surface area contributed by atoms with Gasteiger partial charge >= 0.3 is 0 Å². The largest absolute Gasteiger partial charge is 0.324 e. The summed E-state index contributed by atoms with van der Waals surface area (Å²) >= 11 is 6.05. The van der Waals surface area contributed by atoms with Crippen LogP contribution in [0.15, 0.2) is 24.3 Å². The third kappa shape index (κ3) is 1.93. The highest BCUT2D eigenvalue weighted by Gasteiger charge is 2.29. The number of aromatic nitrogens is 2. The Kier molecular flexibility index (Phi) is 2.88. The molecule has 1 aromatic carbocycles. The molecule has 1 aliphatic rings. The Morgan fingerprint density at radius 2 is 2.28 bits per heavy atom. The first kappa shape index (κ1) is 11.8. The van der Waals surface area contributed by atoms with Crippen LogP contribution in [0.2, 0.25) is 5.02 Å². The lowest BCUT2D eigenvalue weighted by Crippen LogP contribution is -2.23. The van der Waals surface area contributed by atoms with Gasteiger partial charge in [0.05, 0.1) is 5.69 Å². The van der Waals surface area contributed by atoms with Crippen LogP contribution in [0, 0.1) is 6.92 Å². The number of rotatable bonds is 1. The summed E-state index contributed by atoms with van der Waals surface area (Å²) in [6.45, 7) is 2.03. The summed E-state index contributed by atoms with van der Waals surface area (Å²) < 4.78 is 0. The van der Waals surface area contributed by atoms with Crippen molar-refractivity contribution in [3.63, 3.8) is 0 Å². The summed E-state index contributed by atoms with van der Waals surface area (Å²) in [6, 6.07) is 8.11. The predicted octanol–water partition coefficient (Wildman–Crippen LogP) is 3.10. The number of hydrogen-bond acceptors (Lipinski definition) is 2. The Labute approximate surface area is 111 Å². The number of benzene rings is 1. The Morgan fingerprint density at radius 1 is 1.44 bits per heavy atom. The van der Waals surface area contributed by atoms with Crippen LogP contribution < -0.4 is 5.73 Å². The molecule has 1 aliphatic carbocycles. The molecule has 94 valence electrons. The number of fused-ring (bicyclic) bond motifs is 1. The van der Waals surface area contributed by atoms with E-state index in [2.05, 4.69) is 16.3 Å². The first-order valence-electron chi connectivity index (χ1n) is 6.20. The van der Waals surface area contributed by atoms with Crippen LogP contribution >= 0.6 is 11.6 Å². The summed E-state index contributed by atoms with van der Waals surface area (Å²) in [5, 5.41) is 8.19. The zero-order chi connectivity index (χ0) is 12.7. The molecule has 1 aromatic heterocycles. The van der Waals surface area contributed by atoms with Crippen molar-refractivity contribution in [1.29, 1.82) is 0 Å². The van der Waals surface area contributed by atoms with Crippen LogP contribution in [0.5, 0.6) is 0 Å². The smallest absolute Gasteiger partial charge is 0.0678 e. The predicted molar refractivity (Wildman–Crippen MR) is 72.8 cm³/mol. The quantitative estimate of drug-likeness (QED) is 0.829. The third-order valence-corrected chi connectivity index (χ3v) is 3.98. The lowest BCUT2D eigenvalue weighted by molar-refractivity contribution is 0.498. The maximum atomic E-state index is 6.26. The van der Waals surface area contributed by atoms with E-state index >= 15 is 0 Å². The van der Waals surface area contributed by atoms with E-state index in [1.807, 2.05) is 25.1 Å². The van der Waals surface area contributed by atoms with Gasteiger partial charge in [0.25, 0.3) is 0 Å². The zero-order valence-electron chi connectivity index (χ0n) is 10.3. The van der Waals surface area contributed by atoms with E-state index in [4.69, 9.17) is 17.3 Å². The van der Waals surface area contributed by atoms with Gasteiger partial charge in [0.2, 0.25) is 0 Å². The van der Waals surface area contributed by atoms with Gasteiger partial charge in [-0.2, -0.15) is 5.10 Å². The molecular weight excluding hydrogens is 246 g/mol. The molecule has 3 rings (SSSR count). The average Bonchev–Trinajstić information content (AvgIpc) is 2.71. The Bertz CT molecular complexity index is 576. The lowest BCUT2D eigenvalue weighted by Gasteiger charge is -2.27. The van der Waals surface area contributed by atoms with Crippen LogP contribution in [0.1, 0.15) is 40.9 Å². The Hall–Kier alpha value is -1.32. The number of aromatic amines is 1. The van der Waals surface area contributed by atoms with Gasteiger partial charge in [-0.3, -0.25) is 5.10 Å². The van der Waals surface area contributed by atoms with Gasteiger partial charge < -0.3 is 5.73 Å². The minimum absolute atomic E-state index is 0.0662. The van der Waals surface area contributed by atoms with Gasteiger partial charge in [-0.15, -0.1) is 0 Å². The summed E-state index contributed by atoms with van der Waals surface area (Å²) in [4.78, 5) is 0. The van der Waals surface area contributed by atoms with Gasteiger partial charge in [0.1, 0.15) is 0 Å². The van der Waals surface area contributed by atoms with Gasteiger partial charge in [-0.25, -0.2) is 0 Å². The molecule has 3 N–H and O–H groups in total. The molecular formula is C14H16ClN3. The monoisotopic (exact) mass is 261 g/mol. The van der Waals surface area contributed by atoms with Crippen molar-refractivity contribution >= 4 is 11.6 Å². The Balaban J connectivity index is 1.95. The van der Waals surface area contributed by atoms with Crippen molar-refractivity contribution in [2.45, 2.75) is 31.7 Å². The van der Waals surface area contributed by atoms with Crippen molar-refractivity contribution in [3.05, 3.63) is 51.8 Å². The van der Waals surface area contributed by atoms with Crippen LogP contribution in [-0.4, -0.2) is 10.2 Å². The molecule has 1 heterocycles. The number of aryl methyl sites for hydroxylation is 1. The Morgan fingerprint density at radius 3 is 3.06 bits per heavy atom. The molecule has 2 aromatic rings. The van der Waals surface area contributed by atoms with E-state index in [-0.39, 0.29) is 6.04 Å². The second-order valence-corrected chi connectivity index (χ2v) is 5.44. The molecule has 2 unspecified atom stereocenters. The fourth-order valence-corrected chi connectivity index (χ4v) is 3.09. The van der Waals surface area contributed by atoms with Crippen LogP contribution in [-0.2, 0) is 6.42 Å². The van der Waals surface area contributed by atoms with Crippen molar-refractivity contribution in [2.75, 3.05) is 0 Å². The number of nitrogens with two attached hydrogens (primary N) is 1.